The molecule has 1 saturated carbocycles. The molecule has 2 rings (SSSR count). The Balaban J connectivity index is 1.87. The molecule has 1 heterocycles. The zero-order valence-electron chi connectivity index (χ0n) is 11.0. The Hall–Kier alpha value is -0.0800. The second-order valence-corrected chi connectivity index (χ2v) is 5.88. The van der Waals surface area contributed by atoms with Gasteiger partial charge in [-0.25, -0.2) is 0 Å². The van der Waals surface area contributed by atoms with Crippen LogP contribution in [-0.4, -0.2) is 36.1 Å². The van der Waals surface area contributed by atoms with Gasteiger partial charge in [0.05, 0.1) is 0 Å². The lowest BCUT2D eigenvalue weighted by molar-refractivity contribution is 0.110. The molecule has 1 unspecified atom stereocenters. The summed E-state index contributed by atoms with van der Waals surface area (Å²) < 4.78 is 0. The Morgan fingerprint density at radius 1 is 1.06 bits per heavy atom. The Bertz CT molecular complexity index is 191. The van der Waals surface area contributed by atoms with Crippen molar-refractivity contribution in [2.24, 2.45) is 0 Å². The van der Waals surface area contributed by atoms with E-state index in [1.165, 1.54) is 58.0 Å². The largest absolute Gasteiger partial charge is 0.313 e. The van der Waals surface area contributed by atoms with E-state index in [4.69, 9.17) is 0 Å². The van der Waals surface area contributed by atoms with Gasteiger partial charge in [-0.3, -0.25) is 4.90 Å². The van der Waals surface area contributed by atoms with Crippen LogP contribution in [0.5, 0.6) is 0 Å². The fourth-order valence-corrected chi connectivity index (χ4v) is 3.36. The molecule has 0 aromatic heterocycles. The predicted molar refractivity (Wildman–Crippen MR) is 69.7 cm³/mol. The van der Waals surface area contributed by atoms with Crippen LogP contribution in [0.3, 0.4) is 0 Å². The van der Waals surface area contributed by atoms with Crippen molar-refractivity contribution in [3.8, 4) is 0 Å². The van der Waals surface area contributed by atoms with Crippen molar-refractivity contribution in [2.75, 3.05) is 13.1 Å². The smallest absolute Gasteiger partial charge is 0.0195 e. The van der Waals surface area contributed by atoms with Crippen molar-refractivity contribution in [3.05, 3.63) is 0 Å². The summed E-state index contributed by atoms with van der Waals surface area (Å²) in [6.07, 6.45) is 10.00. The van der Waals surface area contributed by atoms with Crippen LogP contribution in [0.25, 0.3) is 0 Å². The maximum Gasteiger partial charge on any atom is 0.0195 e. The first-order chi connectivity index (χ1) is 7.77. The average molecular weight is 224 g/mol. The van der Waals surface area contributed by atoms with Crippen LogP contribution in [0.4, 0.5) is 0 Å². The molecule has 0 spiro atoms. The van der Waals surface area contributed by atoms with E-state index in [0.717, 1.165) is 12.1 Å². The molecule has 0 bridgehead atoms. The second-order valence-electron chi connectivity index (χ2n) is 5.88. The van der Waals surface area contributed by atoms with Gasteiger partial charge in [0.1, 0.15) is 0 Å². The summed E-state index contributed by atoms with van der Waals surface area (Å²) in [4.78, 5) is 2.77. The Labute approximate surface area is 101 Å². The van der Waals surface area contributed by atoms with Crippen molar-refractivity contribution in [2.45, 2.75) is 76.9 Å². The molecule has 0 aromatic carbocycles. The van der Waals surface area contributed by atoms with Gasteiger partial charge in [-0.15, -0.1) is 0 Å². The normalized spacial score (nSPS) is 28.1. The SMILES string of the molecule is CC(C)N(CC1CCCN1)C1CCCCC1. The summed E-state index contributed by atoms with van der Waals surface area (Å²) in [5, 5.41) is 3.64. The minimum absolute atomic E-state index is 0.713. The van der Waals surface area contributed by atoms with Crippen molar-refractivity contribution in [3.63, 3.8) is 0 Å². The van der Waals surface area contributed by atoms with E-state index < -0.39 is 0 Å². The third-order valence-corrected chi connectivity index (χ3v) is 4.30. The first-order valence-electron chi connectivity index (χ1n) is 7.26. The number of rotatable bonds is 4. The highest BCUT2D eigenvalue weighted by Crippen LogP contribution is 2.25. The van der Waals surface area contributed by atoms with E-state index >= 15 is 0 Å². The molecule has 1 atom stereocenters. The molecule has 1 aliphatic heterocycles. The van der Waals surface area contributed by atoms with E-state index in [-0.39, 0.29) is 0 Å². The molecule has 1 N–H and O–H groups in total. The third kappa shape index (κ3) is 3.21. The average Bonchev–Trinajstić information content (AvgIpc) is 2.79. The van der Waals surface area contributed by atoms with Gasteiger partial charge in [-0.2, -0.15) is 0 Å². The zero-order valence-corrected chi connectivity index (χ0v) is 11.0. The van der Waals surface area contributed by atoms with Gasteiger partial charge in [-0.05, 0) is 46.1 Å². The molecule has 1 saturated heterocycles. The Kier molecular flexibility index (Phi) is 4.66. The van der Waals surface area contributed by atoms with Crippen molar-refractivity contribution >= 4 is 0 Å². The minimum Gasteiger partial charge on any atom is -0.313 e. The third-order valence-electron chi connectivity index (χ3n) is 4.30. The lowest BCUT2D eigenvalue weighted by Crippen LogP contribution is -2.47. The van der Waals surface area contributed by atoms with Crippen LogP contribution in [0, 0.1) is 0 Å². The zero-order chi connectivity index (χ0) is 11.4. The molecule has 2 fully saturated rings. The topological polar surface area (TPSA) is 15.3 Å². The maximum absolute atomic E-state index is 3.64. The van der Waals surface area contributed by atoms with Gasteiger partial charge in [0.25, 0.3) is 0 Å². The summed E-state index contributed by atoms with van der Waals surface area (Å²) in [6, 6.07) is 2.35. The van der Waals surface area contributed by atoms with Crippen LogP contribution < -0.4 is 5.32 Å². The molecule has 94 valence electrons. The molecule has 2 nitrogen and oxygen atoms in total. The van der Waals surface area contributed by atoms with Gasteiger partial charge in [0.15, 0.2) is 0 Å². The van der Waals surface area contributed by atoms with Gasteiger partial charge in [0, 0.05) is 24.7 Å². The molecule has 1 aliphatic carbocycles. The van der Waals surface area contributed by atoms with Crippen LogP contribution >= 0.6 is 0 Å². The standard InChI is InChI=1S/C14H28N2/c1-12(2)16(11-13-7-6-10-15-13)14-8-4-3-5-9-14/h12-15H,3-11H2,1-2H3. The van der Waals surface area contributed by atoms with Gasteiger partial charge >= 0.3 is 0 Å². The summed E-state index contributed by atoms with van der Waals surface area (Å²) >= 11 is 0. The highest BCUT2D eigenvalue weighted by atomic mass is 15.2. The fourth-order valence-electron chi connectivity index (χ4n) is 3.36. The Morgan fingerprint density at radius 2 is 1.81 bits per heavy atom. The summed E-state index contributed by atoms with van der Waals surface area (Å²) in [6.45, 7) is 7.25. The van der Waals surface area contributed by atoms with Gasteiger partial charge < -0.3 is 5.32 Å². The van der Waals surface area contributed by atoms with E-state index in [1.54, 1.807) is 0 Å². The molecule has 0 aromatic rings. The van der Waals surface area contributed by atoms with Crippen molar-refractivity contribution < 1.29 is 0 Å². The Morgan fingerprint density at radius 3 is 2.38 bits per heavy atom. The van der Waals surface area contributed by atoms with Crippen molar-refractivity contribution in [1.82, 2.24) is 10.2 Å². The maximum atomic E-state index is 3.64. The highest BCUT2D eigenvalue weighted by Gasteiger charge is 2.26. The number of hydrogen-bond acceptors (Lipinski definition) is 2. The van der Waals surface area contributed by atoms with Crippen LogP contribution in [0.1, 0.15) is 58.8 Å². The summed E-state index contributed by atoms with van der Waals surface area (Å²) in [5.74, 6) is 0. The van der Waals surface area contributed by atoms with E-state index in [9.17, 15) is 0 Å². The molecular formula is C14H28N2. The number of hydrogen-bond donors (Lipinski definition) is 1. The van der Waals surface area contributed by atoms with Crippen LogP contribution in [0.2, 0.25) is 0 Å². The van der Waals surface area contributed by atoms with E-state index in [0.29, 0.717) is 6.04 Å². The fraction of sp³-hybridized carbons (Fsp3) is 1.00. The molecule has 2 aliphatic rings. The van der Waals surface area contributed by atoms with Crippen LogP contribution in [-0.2, 0) is 0 Å². The lowest BCUT2D eigenvalue weighted by atomic mass is 9.93. The van der Waals surface area contributed by atoms with E-state index in [2.05, 4.69) is 24.1 Å². The summed E-state index contributed by atoms with van der Waals surface area (Å²) in [7, 11) is 0. The van der Waals surface area contributed by atoms with E-state index in [1.807, 2.05) is 0 Å². The molecular weight excluding hydrogens is 196 g/mol. The minimum atomic E-state index is 0.713. The lowest BCUT2D eigenvalue weighted by Gasteiger charge is -2.38. The van der Waals surface area contributed by atoms with Gasteiger partial charge in [0.2, 0.25) is 0 Å². The monoisotopic (exact) mass is 224 g/mol. The molecule has 0 radical (unpaired) electrons. The highest BCUT2D eigenvalue weighted by molar-refractivity contribution is 4.84. The predicted octanol–water partition coefficient (Wildman–Crippen LogP) is 2.78. The number of nitrogens with zero attached hydrogens (tertiary/aromatic N) is 1. The summed E-state index contributed by atoms with van der Waals surface area (Å²) in [5.41, 5.74) is 0. The van der Waals surface area contributed by atoms with Gasteiger partial charge in [-0.1, -0.05) is 19.3 Å². The molecule has 16 heavy (non-hydrogen) atoms. The quantitative estimate of drug-likeness (QED) is 0.790. The first-order valence-corrected chi connectivity index (χ1v) is 7.26. The first kappa shape index (κ1) is 12.4. The van der Waals surface area contributed by atoms with Crippen molar-refractivity contribution in [1.29, 1.82) is 0 Å². The second kappa shape index (κ2) is 6.02. The van der Waals surface area contributed by atoms with Crippen LogP contribution in [0.15, 0.2) is 0 Å². The number of nitrogens with one attached hydrogen (secondary N) is 1. The molecule has 2 heteroatoms. The molecule has 0 amide bonds.